The van der Waals surface area contributed by atoms with Gasteiger partial charge in [0.2, 0.25) is 5.91 Å². The summed E-state index contributed by atoms with van der Waals surface area (Å²) in [4.78, 5) is 36.1. The Morgan fingerprint density at radius 2 is 2.00 bits per heavy atom. The molecule has 4 nitrogen and oxygen atoms in total. The first-order valence-electron chi connectivity index (χ1n) is 10.4. The number of rotatable bonds is 3. The summed E-state index contributed by atoms with van der Waals surface area (Å²) >= 11 is 0. The molecule has 0 spiro atoms. The van der Waals surface area contributed by atoms with Crippen molar-refractivity contribution in [1.82, 2.24) is 5.32 Å². The second kappa shape index (κ2) is 6.31. The van der Waals surface area contributed by atoms with E-state index in [1.807, 2.05) is 0 Å². The normalized spacial score (nSPS) is 41.8. The first-order valence-corrected chi connectivity index (χ1v) is 10.4. The van der Waals surface area contributed by atoms with Gasteiger partial charge in [0.05, 0.1) is 0 Å². The molecule has 1 unspecified atom stereocenters. The van der Waals surface area contributed by atoms with Crippen molar-refractivity contribution >= 4 is 17.5 Å². The summed E-state index contributed by atoms with van der Waals surface area (Å²) < 4.78 is 0. The van der Waals surface area contributed by atoms with Gasteiger partial charge in [0.25, 0.3) is 0 Å². The number of carbonyl (C=O) groups is 3. The zero-order chi connectivity index (χ0) is 18.5. The van der Waals surface area contributed by atoms with Crippen molar-refractivity contribution in [3.8, 4) is 0 Å². The van der Waals surface area contributed by atoms with Crippen molar-refractivity contribution in [2.45, 2.75) is 71.6 Å². The minimum Gasteiger partial charge on any atom is -0.356 e. The maximum atomic E-state index is 12.5. The monoisotopic (exact) mass is 357 g/mol. The van der Waals surface area contributed by atoms with Crippen molar-refractivity contribution in [2.24, 2.45) is 28.6 Å². The lowest BCUT2D eigenvalue weighted by molar-refractivity contribution is -0.133. The molecule has 0 aromatic rings. The van der Waals surface area contributed by atoms with Gasteiger partial charge < -0.3 is 5.32 Å². The van der Waals surface area contributed by atoms with Crippen LogP contribution in [0, 0.1) is 28.6 Å². The lowest BCUT2D eigenvalue weighted by Crippen LogP contribution is -2.52. The van der Waals surface area contributed by atoms with Crippen molar-refractivity contribution in [3.63, 3.8) is 0 Å². The summed E-state index contributed by atoms with van der Waals surface area (Å²) in [5.74, 6) is 2.48. The number of fused-ring (bicyclic) bond motifs is 5. The smallest absolute Gasteiger partial charge is 0.216 e. The summed E-state index contributed by atoms with van der Waals surface area (Å²) in [6.07, 6.45) is 10.4. The number of carbonyl (C=O) groups excluding carboxylic acids is 3. The maximum absolute atomic E-state index is 12.5. The summed E-state index contributed by atoms with van der Waals surface area (Å²) in [7, 11) is 0. The number of Topliss-reactive ketones (excluding diaryl/α,β-unsaturated/α-hetero) is 2. The van der Waals surface area contributed by atoms with Crippen LogP contribution in [0.5, 0.6) is 0 Å². The van der Waals surface area contributed by atoms with Crippen LogP contribution in [0.4, 0.5) is 0 Å². The molecule has 1 N–H and O–H groups in total. The summed E-state index contributed by atoms with van der Waals surface area (Å²) in [6.45, 7) is 4.46. The molecule has 0 aromatic carbocycles. The molecular weight excluding hydrogens is 326 g/mol. The van der Waals surface area contributed by atoms with Gasteiger partial charge in [0, 0.05) is 38.1 Å². The molecule has 0 aliphatic heterocycles. The first kappa shape index (κ1) is 17.9. The van der Waals surface area contributed by atoms with Crippen LogP contribution >= 0.6 is 0 Å². The molecule has 4 heteroatoms. The molecule has 26 heavy (non-hydrogen) atoms. The van der Waals surface area contributed by atoms with E-state index in [4.69, 9.17) is 0 Å². The number of amides is 1. The van der Waals surface area contributed by atoms with Gasteiger partial charge in [-0.05, 0) is 61.7 Å². The fourth-order valence-corrected chi connectivity index (χ4v) is 6.98. The lowest BCUT2D eigenvalue weighted by atomic mass is 9.47. The third-order valence-corrected chi connectivity index (χ3v) is 8.31. The summed E-state index contributed by atoms with van der Waals surface area (Å²) in [6, 6.07) is 0. The molecule has 142 valence electrons. The number of hydrogen-bond acceptors (Lipinski definition) is 3. The van der Waals surface area contributed by atoms with Gasteiger partial charge in [-0.25, -0.2) is 0 Å². The Morgan fingerprint density at radius 3 is 2.77 bits per heavy atom. The predicted molar refractivity (Wildman–Crippen MR) is 99.3 cm³/mol. The van der Waals surface area contributed by atoms with Crippen molar-refractivity contribution in [3.05, 3.63) is 11.6 Å². The zero-order valence-corrected chi connectivity index (χ0v) is 16.1. The molecule has 5 atom stereocenters. The Labute approximate surface area is 156 Å². The van der Waals surface area contributed by atoms with E-state index >= 15 is 0 Å². The van der Waals surface area contributed by atoms with Gasteiger partial charge in [-0.2, -0.15) is 0 Å². The Bertz CT molecular complexity index is 681. The lowest BCUT2D eigenvalue weighted by Gasteiger charge is -2.57. The van der Waals surface area contributed by atoms with Gasteiger partial charge in [0.15, 0.2) is 0 Å². The summed E-state index contributed by atoms with van der Waals surface area (Å²) in [5, 5.41) is 2.98. The number of allylic oxidation sites excluding steroid dienone is 2. The van der Waals surface area contributed by atoms with Crippen LogP contribution < -0.4 is 5.32 Å². The highest BCUT2D eigenvalue weighted by atomic mass is 16.1. The molecule has 4 aliphatic rings. The van der Waals surface area contributed by atoms with E-state index < -0.39 is 0 Å². The van der Waals surface area contributed by atoms with Gasteiger partial charge >= 0.3 is 0 Å². The molecule has 4 aliphatic carbocycles. The molecule has 0 bridgehead atoms. The van der Waals surface area contributed by atoms with Crippen molar-refractivity contribution in [1.29, 1.82) is 0 Å². The number of nitrogens with one attached hydrogen (secondary N) is 1. The molecule has 0 saturated heterocycles. The minimum absolute atomic E-state index is 0.0174. The Hall–Kier alpha value is -1.45. The van der Waals surface area contributed by atoms with Crippen molar-refractivity contribution < 1.29 is 14.4 Å². The van der Waals surface area contributed by atoms with Crippen LogP contribution in [0.15, 0.2) is 11.6 Å². The van der Waals surface area contributed by atoms with E-state index in [-0.39, 0.29) is 16.7 Å². The highest BCUT2D eigenvalue weighted by Gasteiger charge is 2.59. The second-order valence-corrected chi connectivity index (χ2v) is 9.36. The fraction of sp³-hybridized carbons (Fsp3) is 0.773. The van der Waals surface area contributed by atoms with Crippen LogP contribution in [0.25, 0.3) is 0 Å². The van der Waals surface area contributed by atoms with E-state index in [0.717, 1.165) is 44.9 Å². The maximum Gasteiger partial charge on any atom is 0.216 e. The van der Waals surface area contributed by atoms with E-state index in [0.29, 0.717) is 48.7 Å². The number of hydrogen-bond donors (Lipinski definition) is 1. The topological polar surface area (TPSA) is 63.2 Å². The Balaban J connectivity index is 1.66. The van der Waals surface area contributed by atoms with E-state index in [1.165, 1.54) is 5.57 Å². The van der Waals surface area contributed by atoms with Crippen LogP contribution in [-0.4, -0.2) is 24.0 Å². The fourth-order valence-electron chi connectivity index (χ4n) is 6.98. The Morgan fingerprint density at radius 1 is 1.19 bits per heavy atom. The average Bonchev–Trinajstić information content (AvgIpc) is 2.90. The molecule has 3 fully saturated rings. The van der Waals surface area contributed by atoms with E-state index in [2.05, 4.69) is 18.3 Å². The quantitative estimate of drug-likeness (QED) is 0.785. The van der Waals surface area contributed by atoms with Crippen molar-refractivity contribution in [2.75, 3.05) is 6.54 Å². The molecule has 0 heterocycles. The van der Waals surface area contributed by atoms with Crippen LogP contribution in [0.2, 0.25) is 0 Å². The molecule has 1 amide bonds. The van der Waals surface area contributed by atoms with Gasteiger partial charge in [0.1, 0.15) is 11.6 Å². The second-order valence-electron chi connectivity index (χ2n) is 9.36. The van der Waals surface area contributed by atoms with E-state index in [1.54, 1.807) is 6.92 Å². The van der Waals surface area contributed by atoms with Crippen LogP contribution in [0.1, 0.15) is 71.6 Å². The molecular formula is C22H31NO3. The number of ketones is 2. The zero-order valence-electron chi connectivity index (χ0n) is 16.1. The minimum atomic E-state index is -0.115. The van der Waals surface area contributed by atoms with Gasteiger partial charge in [-0.3, -0.25) is 14.4 Å². The highest BCUT2D eigenvalue weighted by molar-refractivity contribution is 5.87. The van der Waals surface area contributed by atoms with Crippen LogP contribution in [0.3, 0.4) is 0 Å². The average molecular weight is 357 g/mol. The highest BCUT2D eigenvalue weighted by Crippen LogP contribution is 2.64. The summed E-state index contributed by atoms with van der Waals surface area (Å²) in [5.41, 5.74) is 1.29. The third-order valence-electron chi connectivity index (χ3n) is 8.31. The third kappa shape index (κ3) is 2.59. The first-order chi connectivity index (χ1) is 12.4. The molecule has 0 radical (unpaired) electrons. The molecule has 0 aromatic heterocycles. The van der Waals surface area contributed by atoms with Crippen LogP contribution in [-0.2, 0) is 14.4 Å². The SMILES string of the molecule is CC(=O)NCCC12CCC(=O)CC1=CC[C@@H]1[C@@H]2CC[C@]2(C)C(=O)CC[C@@H]12. The molecule has 4 rings (SSSR count). The largest absolute Gasteiger partial charge is 0.356 e. The standard InChI is InChI=1S/C22H31NO3/c1-14(24)23-12-11-22-10-7-16(25)13-15(22)3-4-17-18-5-6-20(26)21(18,2)9-8-19(17)22/h3,17-19H,4-13H2,1-2H3,(H,23,24)/t17-,18-,19-,21-,22?/m0/s1. The Kier molecular flexibility index (Phi) is 4.36. The van der Waals surface area contributed by atoms with Gasteiger partial charge in [-0.1, -0.05) is 18.6 Å². The molecule has 3 saturated carbocycles. The van der Waals surface area contributed by atoms with Gasteiger partial charge in [-0.15, -0.1) is 0 Å². The predicted octanol–water partition coefficient (Wildman–Crippen LogP) is 3.59. The van der Waals surface area contributed by atoms with E-state index in [9.17, 15) is 14.4 Å².